The molecule has 0 amide bonds. The number of anilines is 1. The molecule has 3 rings (SSSR count). The van der Waals surface area contributed by atoms with E-state index >= 15 is 0 Å². The molecule has 2 aromatic rings. The minimum atomic E-state index is -0.0962. The molecule has 0 spiro atoms. The maximum atomic E-state index is 11.8. The molecular weight excluding hydrogens is 419 g/mol. The second-order valence-electron chi connectivity index (χ2n) is 5.24. The standard InChI is InChI=1S/C15H16ClIN2O3/c1-2-21-14(20)9-3-5-19(6-4-9)15-18-12-7-10(16)11(17)8-13(12)22-15/h7-9H,2-6H2,1H3. The summed E-state index contributed by atoms with van der Waals surface area (Å²) in [5.41, 5.74) is 1.49. The van der Waals surface area contributed by atoms with Crippen LogP contribution in [0.3, 0.4) is 0 Å². The summed E-state index contributed by atoms with van der Waals surface area (Å²) < 4.78 is 11.8. The van der Waals surface area contributed by atoms with Crippen molar-refractivity contribution in [3.63, 3.8) is 0 Å². The highest BCUT2D eigenvalue weighted by atomic mass is 127. The van der Waals surface area contributed by atoms with Gasteiger partial charge in [-0.15, -0.1) is 0 Å². The third-order valence-corrected chi connectivity index (χ3v) is 5.33. The summed E-state index contributed by atoms with van der Waals surface area (Å²) in [6, 6.07) is 4.30. The second-order valence-corrected chi connectivity index (χ2v) is 6.81. The number of ether oxygens (including phenoxy) is 1. The molecule has 0 N–H and O–H groups in total. The Bertz CT molecular complexity index is 656. The van der Waals surface area contributed by atoms with Crippen LogP contribution in [0.15, 0.2) is 16.5 Å². The average molecular weight is 435 g/mol. The summed E-state index contributed by atoms with van der Waals surface area (Å²) in [7, 11) is 0. The smallest absolute Gasteiger partial charge is 0.309 e. The van der Waals surface area contributed by atoms with Crippen molar-refractivity contribution in [1.29, 1.82) is 0 Å². The van der Waals surface area contributed by atoms with Gasteiger partial charge in [0.2, 0.25) is 0 Å². The normalized spacial score (nSPS) is 16.2. The van der Waals surface area contributed by atoms with Crippen LogP contribution in [0.1, 0.15) is 19.8 Å². The highest BCUT2D eigenvalue weighted by Crippen LogP contribution is 2.30. The zero-order valence-corrected chi connectivity index (χ0v) is 15.1. The van der Waals surface area contributed by atoms with E-state index < -0.39 is 0 Å². The van der Waals surface area contributed by atoms with Gasteiger partial charge in [-0.25, -0.2) is 0 Å². The maximum absolute atomic E-state index is 11.8. The van der Waals surface area contributed by atoms with Gasteiger partial charge in [0.25, 0.3) is 6.01 Å². The number of carbonyl (C=O) groups is 1. The fourth-order valence-electron chi connectivity index (χ4n) is 2.61. The molecule has 0 radical (unpaired) electrons. The second kappa shape index (κ2) is 6.62. The Morgan fingerprint density at radius 1 is 1.50 bits per heavy atom. The van der Waals surface area contributed by atoms with Gasteiger partial charge < -0.3 is 14.1 Å². The van der Waals surface area contributed by atoms with Gasteiger partial charge in [-0.1, -0.05) is 11.6 Å². The highest BCUT2D eigenvalue weighted by Gasteiger charge is 2.28. The van der Waals surface area contributed by atoms with E-state index in [0.717, 1.165) is 40.6 Å². The highest BCUT2D eigenvalue weighted by molar-refractivity contribution is 14.1. The van der Waals surface area contributed by atoms with Gasteiger partial charge in [0.15, 0.2) is 5.58 Å². The van der Waals surface area contributed by atoms with E-state index in [1.165, 1.54) is 0 Å². The predicted octanol–water partition coefficient (Wildman–Crippen LogP) is 3.87. The molecular formula is C15H16ClIN2O3. The number of aromatic nitrogens is 1. The number of carbonyl (C=O) groups excluding carboxylic acids is 1. The molecule has 2 heterocycles. The van der Waals surface area contributed by atoms with Gasteiger partial charge in [0.1, 0.15) is 5.52 Å². The molecule has 1 aromatic heterocycles. The monoisotopic (exact) mass is 434 g/mol. The molecule has 0 saturated carbocycles. The van der Waals surface area contributed by atoms with Gasteiger partial charge >= 0.3 is 5.97 Å². The molecule has 1 aliphatic heterocycles. The number of rotatable bonds is 3. The van der Waals surface area contributed by atoms with E-state index in [0.29, 0.717) is 17.6 Å². The third kappa shape index (κ3) is 3.17. The summed E-state index contributed by atoms with van der Waals surface area (Å²) in [4.78, 5) is 18.3. The summed E-state index contributed by atoms with van der Waals surface area (Å²) in [5.74, 6) is -0.114. The molecule has 22 heavy (non-hydrogen) atoms. The Morgan fingerprint density at radius 3 is 2.91 bits per heavy atom. The van der Waals surface area contributed by atoms with Crippen molar-refractivity contribution in [2.24, 2.45) is 5.92 Å². The van der Waals surface area contributed by atoms with E-state index in [9.17, 15) is 4.79 Å². The zero-order valence-electron chi connectivity index (χ0n) is 12.1. The quantitative estimate of drug-likeness (QED) is 0.542. The van der Waals surface area contributed by atoms with Crippen molar-refractivity contribution < 1.29 is 13.9 Å². The summed E-state index contributed by atoms with van der Waals surface area (Å²) in [6.45, 7) is 3.74. The molecule has 0 atom stereocenters. The molecule has 1 aliphatic rings. The summed E-state index contributed by atoms with van der Waals surface area (Å²) >= 11 is 8.28. The van der Waals surface area contributed by atoms with Crippen molar-refractivity contribution in [2.75, 3.05) is 24.6 Å². The molecule has 7 heteroatoms. The van der Waals surface area contributed by atoms with E-state index in [-0.39, 0.29) is 11.9 Å². The van der Waals surface area contributed by atoms with E-state index in [1.807, 2.05) is 19.1 Å². The molecule has 1 aromatic carbocycles. The lowest BCUT2D eigenvalue weighted by Crippen LogP contribution is -2.37. The number of esters is 1. The van der Waals surface area contributed by atoms with Crippen LogP contribution in [-0.4, -0.2) is 30.6 Å². The first-order chi connectivity index (χ1) is 10.6. The predicted molar refractivity (Wildman–Crippen MR) is 93.3 cm³/mol. The Kier molecular flexibility index (Phi) is 4.77. The lowest BCUT2D eigenvalue weighted by Gasteiger charge is -2.29. The molecule has 118 valence electrons. The number of hydrogen-bond acceptors (Lipinski definition) is 5. The molecule has 0 aliphatic carbocycles. The van der Waals surface area contributed by atoms with Crippen LogP contribution >= 0.6 is 34.2 Å². The molecule has 1 saturated heterocycles. The van der Waals surface area contributed by atoms with Gasteiger partial charge in [-0.05, 0) is 54.5 Å². The van der Waals surface area contributed by atoms with Gasteiger partial charge in [0, 0.05) is 16.7 Å². The van der Waals surface area contributed by atoms with E-state index in [4.69, 9.17) is 20.8 Å². The van der Waals surface area contributed by atoms with Crippen molar-refractivity contribution in [2.45, 2.75) is 19.8 Å². The Morgan fingerprint density at radius 2 is 2.23 bits per heavy atom. The third-order valence-electron chi connectivity index (χ3n) is 3.80. The number of piperidine rings is 1. The van der Waals surface area contributed by atoms with Gasteiger partial charge in [-0.2, -0.15) is 4.98 Å². The Labute approximate surface area is 147 Å². The fraction of sp³-hybridized carbons (Fsp3) is 0.467. The fourth-order valence-corrected chi connectivity index (χ4v) is 3.21. The lowest BCUT2D eigenvalue weighted by atomic mass is 9.97. The zero-order chi connectivity index (χ0) is 15.7. The van der Waals surface area contributed by atoms with Crippen molar-refractivity contribution in [1.82, 2.24) is 4.98 Å². The molecule has 0 unspecified atom stereocenters. The topological polar surface area (TPSA) is 55.6 Å². The van der Waals surface area contributed by atoms with Gasteiger partial charge in [0.05, 0.1) is 17.5 Å². The van der Waals surface area contributed by atoms with E-state index in [2.05, 4.69) is 32.5 Å². The first-order valence-electron chi connectivity index (χ1n) is 7.25. The van der Waals surface area contributed by atoms with Crippen LogP contribution in [-0.2, 0) is 9.53 Å². The van der Waals surface area contributed by atoms with Crippen LogP contribution in [0.5, 0.6) is 0 Å². The van der Waals surface area contributed by atoms with Crippen molar-refractivity contribution in [3.8, 4) is 0 Å². The number of fused-ring (bicyclic) bond motifs is 1. The van der Waals surface area contributed by atoms with Crippen LogP contribution in [0, 0.1) is 9.49 Å². The van der Waals surface area contributed by atoms with Crippen molar-refractivity contribution in [3.05, 3.63) is 20.7 Å². The largest absolute Gasteiger partial charge is 0.466 e. The first kappa shape index (κ1) is 15.9. The lowest BCUT2D eigenvalue weighted by molar-refractivity contribution is -0.148. The van der Waals surface area contributed by atoms with Crippen LogP contribution < -0.4 is 4.90 Å². The summed E-state index contributed by atoms with van der Waals surface area (Å²) in [6.07, 6.45) is 1.52. The first-order valence-corrected chi connectivity index (χ1v) is 8.71. The number of oxazole rings is 1. The maximum Gasteiger partial charge on any atom is 0.309 e. The number of hydrogen-bond donors (Lipinski definition) is 0. The minimum Gasteiger partial charge on any atom is -0.466 e. The van der Waals surface area contributed by atoms with Crippen LogP contribution in [0.25, 0.3) is 11.1 Å². The average Bonchev–Trinajstić information content (AvgIpc) is 2.91. The van der Waals surface area contributed by atoms with E-state index in [1.54, 1.807) is 0 Å². The number of halogens is 2. The molecule has 0 bridgehead atoms. The number of nitrogens with zero attached hydrogens (tertiary/aromatic N) is 2. The number of benzene rings is 1. The molecule has 1 fully saturated rings. The molecule has 5 nitrogen and oxygen atoms in total. The van der Waals surface area contributed by atoms with Crippen LogP contribution in [0.2, 0.25) is 5.02 Å². The van der Waals surface area contributed by atoms with Gasteiger partial charge in [-0.3, -0.25) is 4.79 Å². The minimum absolute atomic E-state index is 0.0176. The summed E-state index contributed by atoms with van der Waals surface area (Å²) in [5, 5.41) is 0.675. The Hall–Kier alpha value is -1.02. The van der Waals surface area contributed by atoms with Crippen LogP contribution in [0.4, 0.5) is 6.01 Å². The Balaban J connectivity index is 1.72. The SMILES string of the molecule is CCOC(=O)C1CCN(c2nc3cc(Cl)c(I)cc3o2)CC1. The van der Waals surface area contributed by atoms with Crippen molar-refractivity contribution >= 4 is 57.3 Å².